The van der Waals surface area contributed by atoms with Gasteiger partial charge < -0.3 is 0 Å². The van der Waals surface area contributed by atoms with Crippen LogP contribution in [0.25, 0.3) is 0 Å². The Morgan fingerprint density at radius 3 is 1.78 bits per heavy atom. The molecule has 0 radical (unpaired) electrons. The van der Waals surface area contributed by atoms with E-state index in [4.69, 9.17) is 12.6 Å². The average Bonchev–Trinajstić information content (AvgIpc) is 2.58. The van der Waals surface area contributed by atoms with Crippen LogP contribution in [0, 0.1) is 17.3 Å². The van der Waals surface area contributed by atoms with E-state index in [1.807, 2.05) is 0 Å². The van der Waals surface area contributed by atoms with Gasteiger partial charge in [-0.05, 0) is 29.0 Å². The summed E-state index contributed by atoms with van der Waals surface area (Å²) in [6.45, 7) is 16.8. The zero-order valence-corrected chi connectivity index (χ0v) is 21.3. The summed E-state index contributed by atoms with van der Waals surface area (Å²) < 4.78 is 0. The van der Waals surface area contributed by atoms with Crippen LogP contribution < -0.4 is 0 Å². The second-order valence-corrected chi connectivity index (χ2v) is 11.6. The smallest absolute Gasteiger partial charge is 0.110 e. The Hall–Kier alpha value is 0.415. The second-order valence-electron chi connectivity index (χ2n) is 11.0. The third kappa shape index (κ3) is 11.9. The van der Waals surface area contributed by atoms with Gasteiger partial charge in [-0.3, -0.25) is 0 Å². The van der Waals surface area contributed by atoms with Gasteiger partial charge in [0.05, 0.1) is 0 Å². The Morgan fingerprint density at radius 1 is 0.741 bits per heavy atom. The molecule has 0 aliphatic carbocycles. The van der Waals surface area contributed by atoms with Gasteiger partial charge in [-0.1, -0.05) is 126 Å². The van der Waals surface area contributed by atoms with Crippen LogP contribution in [0.1, 0.15) is 132 Å². The molecule has 0 bridgehead atoms. The van der Waals surface area contributed by atoms with E-state index < -0.39 is 0 Å². The zero-order valence-electron chi connectivity index (χ0n) is 20.4. The predicted octanol–water partition coefficient (Wildman–Crippen LogP) is 8.51. The van der Waals surface area contributed by atoms with E-state index in [0.717, 1.165) is 11.8 Å². The van der Waals surface area contributed by atoms with Crippen LogP contribution in [-0.4, -0.2) is 13.1 Å². The largest absolute Gasteiger partial charge is 0.176 e. The van der Waals surface area contributed by atoms with E-state index in [9.17, 15) is 0 Å². The highest BCUT2D eigenvalue weighted by molar-refractivity contribution is 7.81. The Labute approximate surface area is 180 Å². The number of thiol groups is 1. The Bertz CT molecular complexity index is 345. The molecule has 0 aromatic rings. The van der Waals surface area contributed by atoms with Crippen molar-refractivity contribution in [3.63, 3.8) is 0 Å². The fourth-order valence-electron chi connectivity index (χ4n) is 4.87. The van der Waals surface area contributed by atoms with Crippen LogP contribution in [0.3, 0.4) is 0 Å². The quantitative estimate of drug-likeness (QED) is 0.151. The highest BCUT2D eigenvalue weighted by Gasteiger charge is 2.40. The molecule has 0 N–H and O–H groups in total. The monoisotopic (exact) mass is 396 g/mol. The highest BCUT2D eigenvalue weighted by atomic mass is 32.1. The lowest BCUT2D eigenvalue weighted by Gasteiger charge is -2.46. The molecule has 4 unspecified atom stereocenters. The summed E-state index contributed by atoms with van der Waals surface area (Å²) >= 11 is 5.13. The average molecular weight is 397 g/mol. The molecule has 0 aliphatic heterocycles. The maximum atomic E-state index is 5.13. The van der Waals surface area contributed by atoms with Gasteiger partial charge in [0.15, 0.2) is 0 Å². The summed E-state index contributed by atoms with van der Waals surface area (Å²) in [6.07, 6.45) is 17.9. The third-order valence-electron chi connectivity index (χ3n) is 7.02. The van der Waals surface area contributed by atoms with Crippen LogP contribution in [0.5, 0.6) is 0 Å². The van der Waals surface area contributed by atoms with Crippen molar-refractivity contribution < 1.29 is 0 Å². The van der Waals surface area contributed by atoms with Crippen LogP contribution in [-0.2, 0) is 0 Å². The molecule has 0 rings (SSSR count). The first kappa shape index (κ1) is 27.4. The lowest BCUT2D eigenvalue weighted by Crippen LogP contribution is -2.38. The summed E-state index contributed by atoms with van der Waals surface area (Å²) in [5.41, 5.74) is 0.366. The van der Waals surface area contributed by atoms with Crippen molar-refractivity contribution in [2.45, 2.75) is 143 Å². The van der Waals surface area contributed by atoms with E-state index in [1.54, 1.807) is 0 Å². The standard InChI is InChI=1S/C25H53BS/c1-8-10-11-12-13-16-19-22(24(4,5)6)25(7,26)23(27)20-17-14-15-18-21(3)9-2/h21-23,27H,8-20,26H2,1-7H3. The first-order valence-electron chi connectivity index (χ1n) is 12.2. The molecule has 0 spiro atoms. The van der Waals surface area contributed by atoms with Crippen molar-refractivity contribution in [3.05, 3.63) is 0 Å². The summed E-state index contributed by atoms with van der Waals surface area (Å²) in [6, 6.07) is 0. The third-order valence-corrected chi connectivity index (χ3v) is 7.94. The van der Waals surface area contributed by atoms with Gasteiger partial charge in [0, 0.05) is 5.25 Å². The minimum atomic E-state index is 0.307. The summed E-state index contributed by atoms with van der Waals surface area (Å²) in [4.78, 5) is 0. The Balaban J connectivity index is 4.47. The fourth-order valence-corrected chi connectivity index (χ4v) is 5.23. The van der Waals surface area contributed by atoms with Crippen molar-refractivity contribution in [2.24, 2.45) is 17.3 Å². The van der Waals surface area contributed by atoms with Crippen molar-refractivity contribution in [3.8, 4) is 0 Å². The Kier molecular flexibility index (Phi) is 14.6. The molecule has 0 heterocycles. The Morgan fingerprint density at radius 2 is 1.22 bits per heavy atom. The van der Waals surface area contributed by atoms with Crippen molar-refractivity contribution in [2.75, 3.05) is 0 Å². The number of unbranched alkanes of at least 4 members (excludes halogenated alkanes) is 7. The summed E-state index contributed by atoms with van der Waals surface area (Å²) in [7, 11) is 2.50. The first-order valence-corrected chi connectivity index (χ1v) is 12.8. The van der Waals surface area contributed by atoms with E-state index in [0.29, 0.717) is 16.0 Å². The molecular weight excluding hydrogens is 343 g/mol. The van der Waals surface area contributed by atoms with Gasteiger partial charge in [0.25, 0.3) is 0 Å². The molecule has 0 fully saturated rings. The molecule has 2 heteroatoms. The SMILES string of the molecule is BC(C)(C(S)CCCCCC(C)CC)C(CCCCCCCC)C(C)(C)C. The van der Waals surface area contributed by atoms with Crippen molar-refractivity contribution >= 4 is 20.5 Å². The minimum absolute atomic E-state index is 0.307. The molecular formula is C25H53BS. The van der Waals surface area contributed by atoms with Crippen LogP contribution >= 0.6 is 12.6 Å². The molecule has 0 amide bonds. The molecule has 0 saturated heterocycles. The van der Waals surface area contributed by atoms with E-state index in [2.05, 4.69) is 56.3 Å². The van der Waals surface area contributed by atoms with Crippen LogP contribution in [0.2, 0.25) is 5.31 Å². The van der Waals surface area contributed by atoms with E-state index in [1.165, 1.54) is 83.5 Å². The topological polar surface area (TPSA) is 0 Å². The van der Waals surface area contributed by atoms with Crippen molar-refractivity contribution in [1.82, 2.24) is 0 Å². The summed E-state index contributed by atoms with van der Waals surface area (Å²) in [5.74, 6) is 1.65. The molecule has 4 atom stereocenters. The lowest BCUT2D eigenvalue weighted by molar-refractivity contribution is 0.158. The van der Waals surface area contributed by atoms with Crippen LogP contribution in [0.4, 0.5) is 0 Å². The second kappa shape index (κ2) is 14.4. The van der Waals surface area contributed by atoms with Gasteiger partial charge in [0.1, 0.15) is 7.85 Å². The first-order chi connectivity index (χ1) is 12.6. The minimum Gasteiger partial charge on any atom is -0.176 e. The number of hydrogen-bond acceptors (Lipinski definition) is 1. The molecule has 0 aliphatic rings. The van der Waals surface area contributed by atoms with Gasteiger partial charge in [0.2, 0.25) is 0 Å². The van der Waals surface area contributed by atoms with Crippen LogP contribution in [0.15, 0.2) is 0 Å². The van der Waals surface area contributed by atoms with Gasteiger partial charge in [-0.25, -0.2) is 0 Å². The maximum absolute atomic E-state index is 5.13. The van der Waals surface area contributed by atoms with E-state index >= 15 is 0 Å². The molecule has 27 heavy (non-hydrogen) atoms. The van der Waals surface area contributed by atoms with Gasteiger partial charge in [-0.2, -0.15) is 12.6 Å². The molecule has 0 saturated carbocycles. The van der Waals surface area contributed by atoms with Gasteiger partial charge >= 0.3 is 0 Å². The molecule has 0 aromatic heterocycles. The summed E-state index contributed by atoms with van der Waals surface area (Å²) in [5, 5.41) is 0.826. The normalized spacial score (nSPS) is 18.1. The molecule has 162 valence electrons. The molecule has 0 nitrogen and oxygen atoms in total. The number of rotatable bonds is 16. The van der Waals surface area contributed by atoms with Gasteiger partial charge in [-0.15, -0.1) is 0 Å². The maximum Gasteiger partial charge on any atom is 0.110 e. The van der Waals surface area contributed by atoms with E-state index in [-0.39, 0.29) is 0 Å². The number of hydrogen-bond donors (Lipinski definition) is 1. The molecule has 0 aromatic carbocycles. The predicted molar refractivity (Wildman–Crippen MR) is 133 cm³/mol. The highest BCUT2D eigenvalue weighted by Crippen LogP contribution is 2.51. The zero-order chi connectivity index (χ0) is 20.9. The lowest BCUT2D eigenvalue weighted by atomic mass is 9.51. The fraction of sp³-hybridized carbons (Fsp3) is 1.00. The van der Waals surface area contributed by atoms with Crippen molar-refractivity contribution in [1.29, 1.82) is 0 Å².